The maximum Gasteiger partial charge on any atom is 0.235 e. The van der Waals surface area contributed by atoms with E-state index in [0.29, 0.717) is 45.5 Å². The number of benzene rings is 3. The van der Waals surface area contributed by atoms with Crippen LogP contribution in [0.15, 0.2) is 66.4 Å². The molecule has 0 spiro atoms. The summed E-state index contributed by atoms with van der Waals surface area (Å²) < 4.78 is 7.43. The van der Waals surface area contributed by atoms with Gasteiger partial charge < -0.3 is 20.9 Å². The van der Waals surface area contributed by atoms with Gasteiger partial charge >= 0.3 is 0 Å². The van der Waals surface area contributed by atoms with Crippen LogP contribution in [0.2, 0.25) is 5.02 Å². The summed E-state index contributed by atoms with van der Waals surface area (Å²) in [6.45, 7) is 0. The number of hydrogen-bond acceptors (Lipinski definition) is 5. The Morgan fingerprint density at radius 2 is 1.60 bits per heavy atom. The molecule has 0 radical (unpaired) electrons. The molecule has 0 aliphatic rings. The minimum Gasteiger partial charge on any atom is -0.506 e. The lowest BCUT2D eigenvalue weighted by Gasteiger charge is -2.21. The molecule has 4 N–H and O–H groups in total. The third kappa shape index (κ3) is 6.67. The number of Topliss-reactive ketones (excluding diaryl/α,β-unsaturated/α-hetero) is 1. The van der Waals surface area contributed by atoms with Crippen molar-refractivity contribution in [3.8, 4) is 11.5 Å². The number of ether oxygens (including phenoxy) is 1. The zero-order chi connectivity index (χ0) is 25.9. The summed E-state index contributed by atoms with van der Waals surface area (Å²) in [4.78, 5) is 27.0. The van der Waals surface area contributed by atoms with Crippen molar-refractivity contribution in [3.63, 3.8) is 0 Å². The van der Waals surface area contributed by atoms with E-state index in [4.69, 9.17) is 22.1 Å². The highest BCUT2D eigenvalue weighted by atomic mass is 79.9. The highest BCUT2D eigenvalue weighted by Crippen LogP contribution is 2.37. The second kappa shape index (κ2) is 12.2. The molecule has 2 atom stereocenters. The van der Waals surface area contributed by atoms with Gasteiger partial charge in [-0.3, -0.25) is 9.59 Å². The standard InChI is InChI=1S/C24H19Br4ClN2O4/c1-35-23-17(27)7-11(8-18(23)28)6-14(21(32)20(30)13-4-2-3-5-19(13)29)24(34)31-12-9-15(25)22(33)16(26)10-12/h2-5,7-10,14,20,33H,6,30H2,1H3,(H,31,34)/t14-,20?/m1/s1. The molecule has 0 saturated carbocycles. The lowest BCUT2D eigenvalue weighted by molar-refractivity contribution is -0.132. The van der Waals surface area contributed by atoms with Crippen molar-refractivity contribution in [2.75, 3.05) is 12.4 Å². The number of aromatic hydroxyl groups is 1. The molecule has 1 unspecified atom stereocenters. The van der Waals surface area contributed by atoms with E-state index in [1.807, 2.05) is 0 Å². The van der Waals surface area contributed by atoms with E-state index in [0.717, 1.165) is 0 Å². The summed E-state index contributed by atoms with van der Waals surface area (Å²) in [6.07, 6.45) is 0.0738. The van der Waals surface area contributed by atoms with Crippen molar-refractivity contribution >= 4 is 92.7 Å². The van der Waals surface area contributed by atoms with Gasteiger partial charge in [0.05, 0.1) is 31.0 Å². The molecule has 0 heterocycles. The Kier molecular flexibility index (Phi) is 9.82. The number of carbonyl (C=O) groups is 2. The lowest BCUT2D eigenvalue weighted by atomic mass is 9.88. The first-order valence-electron chi connectivity index (χ1n) is 10.1. The van der Waals surface area contributed by atoms with Crippen LogP contribution in [0.4, 0.5) is 5.69 Å². The monoisotopic (exact) mass is 750 g/mol. The van der Waals surface area contributed by atoms with Gasteiger partial charge in [0.15, 0.2) is 5.78 Å². The number of ketones is 1. The molecule has 35 heavy (non-hydrogen) atoms. The number of halogens is 5. The highest BCUT2D eigenvalue weighted by Gasteiger charge is 2.33. The molecule has 0 aliphatic carbocycles. The predicted molar refractivity (Wildman–Crippen MR) is 151 cm³/mol. The molecule has 1 amide bonds. The predicted octanol–water partition coefficient (Wildman–Crippen LogP) is 7.17. The number of carbonyl (C=O) groups excluding carboxylic acids is 2. The number of amides is 1. The van der Waals surface area contributed by atoms with Gasteiger partial charge in [-0.15, -0.1) is 0 Å². The smallest absolute Gasteiger partial charge is 0.235 e. The van der Waals surface area contributed by atoms with Gasteiger partial charge in [0.25, 0.3) is 0 Å². The minimum atomic E-state index is -1.14. The average Bonchev–Trinajstić information content (AvgIpc) is 2.80. The van der Waals surface area contributed by atoms with Crippen LogP contribution in [0.3, 0.4) is 0 Å². The van der Waals surface area contributed by atoms with Gasteiger partial charge in [0.2, 0.25) is 5.91 Å². The molecule has 0 aromatic heterocycles. The fourth-order valence-corrected chi connectivity index (χ4v) is 6.49. The van der Waals surface area contributed by atoms with Crippen molar-refractivity contribution in [2.45, 2.75) is 12.5 Å². The summed E-state index contributed by atoms with van der Waals surface area (Å²) >= 11 is 19.7. The van der Waals surface area contributed by atoms with Crippen LogP contribution in [0.25, 0.3) is 0 Å². The second-order valence-corrected chi connectivity index (χ2v) is 11.4. The van der Waals surface area contributed by atoms with Gasteiger partial charge in [-0.2, -0.15) is 0 Å². The number of phenols is 1. The largest absolute Gasteiger partial charge is 0.506 e. The molecular weight excluding hydrogens is 735 g/mol. The van der Waals surface area contributed by atoms with E-state index in [1.54, 1.807) is 43.5 Å². The second-order valence-electron chi connectivity index (χ2n) is 7.53. The molecule has 3 rings (SSSR count). The number of rotatable bonds is 8. The Morgan fingerprint density at radius 1 is 1.03 bits per heavy atom. The van der Waals surface area contributed by atoms with Crippen LogP contribution in [-0.4, -0.2) is 23.9 Å². The SMILES string of the molecule is COc1c(Br)cc(C[C@@H](C(=O)Nc2cc(Br)c(O)c(Br)c2)C(=O)C(N)c2ccccc2Cl)cc1Br. The molecular formula is C24H19Br4ClN2O4. The number of nitrogens with two attached hydrogens (primary N) is 1. The third-order valence-electron chi connectivity index (χ3n) is 5.19. The summed E-state index contributed by atoms with van der Waals surface area (Å²) in [5.41, 5.74) is 7.82. The Hall–Kier alpha value is -1.43. The normalized spacial score (nSPS) is 12.7. The number of anilines is 1. The fraction of sp³-hybridized carbons (Fsp3) is 0.167. The van der Waals surface area contributed by atoms with E-state index in [9.17, 15) is 14.7 Å². The van der Waals surface area contributed by atoms with Crippen LogP contribution in [-0.2, 0) is 16.0 Å². The molecule has 3 aromatic carbocycles. The first-order chi connectivity index (χ1) is 16.5. The quantitative estimate of drug-likeness (QED) is 0.167. The molecule has 3 aromatic rings. The van der Waals surface area contributed by atoms with Gasteiger partial charge in [0, 0.05) is 10.7 Å². The van der Waals surface area contributed by atoms with Crippen molar-refractivity contribution in [1.82, 2.24) is 0 Å². The number of hydrogen-bond donors (Lipinski definition) is 3. The zero-order valence-electron chi connectivity index (χ0n) is 18.1. The van der Waals surface area contributed by atoms with Crippen LogP contribution < -0.4 is 15.8 Å². The highest BCUT2D eigenvalue weighted by molar-refractivity contribution is 9.11. The van der Waals surface area contributed by atoms with Crippen LogP contribution in [0.1, 0.15) is 17.2 Å². The number of nitrogens with one attached hydrogen (secondary N) is 1. The Morgan fingerprint density at radius 3 is 2.14 bits per heavy atom. The fourth-order valence-electron chi connectivity index (χ4n) is 3.45. The summed E-state index contributed by atoms with van der Waals surface area (Å²) in [7, 11) is 1.54. The summed E-state index contributed by atoms with van der Waals surface area (Å²) in [5, 5.41) is 13.1. The summed E-state index contributed by atoms with van der Waals surface area (Å²) in [5.74, 6) is -1.60. The van der Waals surface area contributed by atoms with Crippen molar-refractivity contribution < 1.29 is 19.4 Å². The van der Waals surface area contributed by atoms with Crippen molar-refractivity contribution in [1.29, 1.82) is 0 Å². The van der Waals surface area contributed by atoms with Crippen LogP contribution in [0.5, 0.6) is 11.5 Å². The zero-order valence-corrected chi connectivity index (χ0v) is 25.2. The molecule has 11 heteroatoms. The van der Waals surface area contributed by atoms with Gasteiger partial charge in [-0.05, 0) is 112 Å². The van der Waals surface area contributed by atoms with E-state index < -0.39 is 23.7 Å². The van der Waals surface area contributed by atoms with E-state index in [-0.39, 0.29) is 12.2 Å². The summed E-state index contributed by atoms with van der Waals surface area (Å²) in [6, 6.07) is 12.3. The number of methoxy groups -OCH3 is 1. The van der Waals surface area contributed by atoms with Crippen LogP contribution in [0, 0.1) is 5.92 Å². The molecule has 0 aliphatic heterocycles. The topological polar surface area (TPSA) is 102 Å². The molecule has 0 bridgehead atoms. The van der Waals surface area contributed by atoms with Crippen molar-refractivity contribution in [2.24, 2.45) is 11.7 Å². The van der Waals surface area contributed by atoms with Gasteiger partial charge in [-0.25, -0.2) is 0 Å². The Labute approximate surface area is 241 Å². The van der Waals surface area contributed by atoms with E-state index >= 15 is 0 Å². The number of phenolic OH excluding ortho intramolecular Hbond substituents is 1. The minimum absolute atomic E-state index is 0.00991. The lowest BCUT2D eigenvalue weighted by Crippen LogP contribution is -2.37. The van der Waals surface area contributed by atoms with Gasteiger partial charge in [-0.1, -0.05) is 29.8 Å². The van der Waals surface area contributed by atoms with E-state index in [1.165, 1.54) is 12.1 Å². The molecule has 6 nitrogen and oxygen atoms in total. The maximum absolute atomic E-state index is 13.6. The Bertz CT molecular complexity index is 1240. The Balaban J connectivity index is 1.98. The average molecular weight is 754 g/mol. The molecule has 0 fully saturated rings. The first-order valence-corrected chi connectivity index (χ1v) is 13.6. The molecule has 0 saturated heterocycles. The van der Waals surface area contributed by atoms with Gasteiger partial charge in [0.1, 0.15) is 17.4 Å². The maximum atomic E-state index is 13.6. The molecule has 184 valence electrons. The van der Waals surface area contributed by atoms with Crippen LogP contribution >= 0.6 is 75.3 Å². The van der Waals surface area contributed by atoms with E-state index in [2.05, 4.69) is 69.0 Å². The third-order valence-corrected chi connectivity index (χ3v) is 7.92. The first kappa shape index (κ1) is 28.1. The van der Waals surface area contributed by atoms with Crippen molar-refractivity contribution in [3.05, 3.63) is 82.6 Å².